The number of unbranched alkanes of at least 4 members (excludes halogenated alkanes) is 3. The standard InChI is InChI=1S/C7H8.C6H14.H2O/c1-7-5-3-2-4-6-7;1-3-5-6-4-2;/h2-6H,1H3;3-6H2,1-2H3;1H2. The lowest BCUT2D eigenvalue weighted by Crippen LogP contribution is -1.66. The monoisotopic (exact) mass is 196 g/mol. The van der Waals surface area contributed by atoms with Crippen molar-refractivity contribution in [3.8, 4) is 0 Å². The van der Waals surface area contributed by atoms with Crippen molar-refractivity contribution in [3.05, 3.63) is 35.9 Å². The van der Waals surface area contributed by atoms with E-state index < -0.39 is 0 Å². The van der Waals surface area contributed by atoms with Gasteiger partial charge in [0.1, 0.15) is 0 Å². The first-order valence-corrected chi connectivity index (χ1v) is 5.32. The van der Waals surface area contributed by atoms with Crippen molar-refractivity contribution in [2.75, 3.05) is 0 Å². The van der Waals surface area contributed by atoms with Gasteiger partial charge in [-0.25, -0.2) is 0 Å². The molecule has 1 rings (SSSR count). The maximum atomic E-state index is 2.23. The fourth-order valence-electron chi connectivity index (χ4n) is 1.03. The predicted octanol–water partition coefficient (Wildman–Crippen LogP) is 3.76. The Morgan fingerprint density at radius 1 is 0.857 bits per heavy atom. The summed E-state index contributed by atoms with van der Waals surface area (Å²) in [5.41, 5.74) is 1.32. The molecule has 1 aromatic carbocycles. The van der Waals surface area contributed by atoms with Crippen molar-refractivity contribution >= 4 is 0 Å². The fraction of sp³-hybridized carbons (Fsp3) is 0.538. The molecule has 0 aromatic heterocycles. The minimum Gasteiger partial charge on any atom is -0.412 e. The van der Waals surface area contributed by atoms with Crippen molar-refractivity contribution in [1.29, 1.82) is 0 Å². The molecule has 0 heterocycles. The molecule has 0 aliphatic rings. The van der Waals surface area contributed by atoms with E-state index in [4.69, 9.17) is 0 Å². The summed E-state index contributed by atoms with van der Waals surface area (Å²) in [6, 6.07) is 10.3. The van der Waals surface area contributed by atoms with Crippen molar-refractivity contribution in [1.82, 2.24) is 0 Å². The Kier molecular flexibility index (Phi) is 13.6. The van der Waals surface area contributed by atoms with Gasteiger partial charge in [0, 0.05) is 0 Å². The third-order valence-electron chi connectivity index (χ3n) is 1.90. The first-order valence-electron chi connectivity index (χ1n) is 5.32. The Bertz CT molecular complexity index is 178. The second-order valence-electron chi connectivity index (χ2n) is 3.36. The summed E-state index contributed by atoms with van der Waals surface area (Å²) in [6.07, 6.45) is 5.54. The van der Waals surface area contributed by atoms with Crippen molar-refractivity contribution in [2.45, 2.75) is 46.5 Å². The van der Waals surface area contributed by atoms with Crippen LogP contribution in [0, 0.1) is 6.92 Å². The lowest BCUT2D eigenvalue weighted by atomic mass is 10.2. The highest BCUT2D eigenvalue weighted by Crippen LogP contribution is 1.95. The van der Waals surface area contributed by atoms with Gasteiger partial charge in [-0.05, 0) is 6.92 Å². The molecule has 0 fully saturated rings. The van der Waals surface area contributed by atoms with Gasteiger partial charge in [0.15, 0.2) is 0 Å². The molecule has 2 N–H and O–H groups in total. The highest BCUT2D eigenvalue weighted by molar-refractivity contribution is 5.11. The molecule has 0 aliphatic carbocycles. The second-order valence-corrected chi connectivity index (χ2v) is 3.36. The molecular formula is C13H24O. The number of rotatable bonds is 3. The van der Waals surface area contributed by atoms with E-state index >= 15 is 0 Å². The predicted molar refractivity (Wildman–Crippen MR) is 64.6 cm³/mol. The van der Waals surface area contributed by atoms with Crippen molar-refractivity contribution in [2.24, 2.45) is 0 Å². The van der Waals surface area contributed by atoms with Gasteiger partial charge in [0.2, 0.25) is 0 Å². The first kappa shape index (κ1) is 15.6. The van der Waals surface area contributed by atoms with Crippen molar-refractivity contribution < 1.29 is 5.48 Å². The van der Waals surface area contributed by atoms with Gasteiger partial charge in [-0.15, -0.1) is 0 Å². The zero-order valence-electron chi connectivity index (χ0n) is 9.72. The molecule has 1 heteroatoms. The smallest absolute Gasteiger partial charge is 0.0398 e. The van der Waals surface area contributed by atoms with Crippen LogP contribution in [-0.4, -0.2) is 5.48 Å². The van der Waals surface area contributed by atoms with Gasteiger partial charge in [-0.2, -0.15) is 0 Å². The van der Waals surface area contributed by atoms with Gasteiger partial charge in [0.25, 0.3) is 0 Å². The average Bonchev–Trinajstić information content (AvgIpc) is 2.17. The van der Waals surface area contributed by atoms with E-state index in [2.05, 4.69) is 32.9 Å². The molecule has 0 spiro atoms. The molecular weight excluding hydrogens is 172 g/mol. The summed E-state index contributed by atoms with van der Waals surface area (Å²) in [6.45, 7) is 6.55. The maximum absolute atomic E-state index is 2.23. The van der Waals surface area contributed by atoms with E-state index in [9.17, 15) is 0 Å². The molecule has 0 aliphatic heterocycles. The van der Waals surface area contributed by atoms with Crippen LogP contribution in [0.5, 0.6) is 0 Å². The minimum atomic E-state index is 0. The van der Waals surface area contributed by atoms with Crippen LogP contribution in [0.2, 0.25) is 0 Å². The van der Waals surface area contributed by atoms with E-state index in [-0.39, 0.29) is 5.48 Å². The third kappa shape index (κ3) is 11.2. The van der Waals surface area contributed by atoms with Crippen LogP contribution >= 0.6 is 0 Å². The quantitative estimate of drug-likeness (QED) is 0.659. The number of hydrogen-bond acceptors (Lipinski definition) is 0. The highest BCUT2D eigenvalue weighted by Gasteiger charge is 1.75. The van der Waals surface area contributed by atoms with Crippen LogP contribution in [0.25, 0.3) is 0 Å². The summed E-state index contributed by atoms with van der Waals surface area (Å²) in [5.74, 6) is 0. The SMILES string of the molecule is CCCCCC.Cc1ccccc1.O. The van der Waals surface area contributed by atoms with E-state index in [1.165, 1.54) is 31.2 Å². The first-order chi connectivity index (χ1) is 6.31. The van der Waals surface area contributed by atoms with E-state index in [1.54, 1.807) is 0 Å². The van der Waals surface area contributed by atoms with Crippen LogP contribution in [0.3, 0.4) is 0 Å². The Labute approximate surface area is 88.5 Å². The van der Waals surface area contributed by atoms with Gasteiger partial charge >= 0.3 is 0 Å². The lowest BCUT2D eigenvalue weighted by Gasteiger charge is -1.86. The third-order valence-corrected chi connectivity index (χ3v) is 1.90. The van der Waals surface area contributed by atoms with Crippen LogP contribution in [0.15, 0.2) is 30.3 Å². The normalized spacial score (nSPS) is 8.21. The molecule has 0 amide bonds. The largest absolute Gasteiger partial charge is 0.412 e. The summed E-state index contributed by atoms with van der Waals surface area (Å²) in [5, 5.41) is 0. The maximum Gasteiger partial charge on any atom is -0.0398 e. The van der Waals surface area contributed by atoms with Gasteiger partial charge in [0.05, 0.1) is 0 Å². The van der Waals surface area contributed by atoms with Gasteiger partial charge < -0.3 is 5.48 Å². The molecule has 0 unspecified atom stereocenters. The topological polar surface area (TPSA) is 31.5 Å². The molecule has 1 aromatic rings. The summed E-state index contributed by atoms with van der Waals surface area (Å²) >= 11 is 0. The molecule has 0 bridgehead atoms. The Morgan fingerprint density at radius 2 is 1.29 bits per heavy atom. The Morgan fingerprint density at radius 3 is 1.50 bits per heavy atom. The number of hydrogen-bond donors (Lipinski definition) is 0. The summed E-state index contributed by atoms with van der Waals surface area (Å²) < 4.78 is 0. The number of aryl methyl sites for hydroxylation is 1. The zero-order valence-corrected chi connectivity index (χ0v) is 9.72. The molecule has 0 radical (unpaired) electrons. The molecule has 0 saturated carbocycles. The molecule has 82 valence electrons. The Balaban J connectivity index is 0. The van der Waals surface area contributed by atoms with Crippen LogP contribution < -0.4 is 0 Å². The molecule has 14 heavy (non-hydrogen) atoms. The van der Waals surface area contributed by atoms with Crippen LogP contribution in [-0.2, 0) is 0 Å². The van der Waals surface area contributed by atoms with Crippen LogP contribution in [0.1, 0.15) is 45.1 Å². The van der Waals surface area contributed by atoms with Crippen molar-refractivity contribution in [3.63, 3.8) is 0 Å². The molecule has 0 saturated heterocycles. The van der Waals surface area contributed by atoms with Crippen LogP contribution in [0.4, 0.5) is 0 Å². The molecule has 0 atom stereocenters. The summed E-state index contributed by atoms with van der Waals surface area (Å²) in [4.78, 5) is 0. The fourth-order valence-corrected chi connectivity index (χ4v) is 1.03. The van der Waals surface area contributed by atoms with E-state index in [0.29, 0.717) is 0 Å². The van der Waals surface area contributed by atoms with Gasteiger partial charge in [-0.3, -0.25) is 0 Å². The zero-order chi connectivity index (χ0) is 9.94. The average molecular weight is 196 g/mol. The molecule has 1 nitrogen and oxygen atoms in total. The number of benzene rings is 1. The Hall–Kier alpha value is -0.820. The summed E-state index contributed by atoms with van der Waals surface area (Å²) in [7, 11) is 0. The highest BCUT2D eigenvalue weighted by atomic mass is 16.0. The van der Waals surface area contributed by atoms with E-state index in [1.807, 2.05) is 18.2 Å². The lowest BCUT2D eigenvalue weighted by molar-refractivity contribution is 0.702. The second kappa shape index (κ2) is 12.2. The minimum absolute atomic E-state index is 0. The van der Waals surface area contributed by atoms with E-state index in [0.717, 1.165) is 0 Å². The van der Waals surface area contributed by atoms with Gasteiger partial charge in [-0.1, -0.05) is 75.4 Å².